The normalized spacial score (nSPS) is 10.8. The first kappa shape index (κ1) is 16.6. The fourth-order valence-corrected chi connectivity index (χ4v) is 2.51. The van der Waals surface area contributed by atoms with Crippen LogP contribution < -0.4 is 10.1 Å². The number of rotatable bonds is 8. The van der Waals surface area contributed by atoms with Gasteiger partial charge in [0.15, 0.2) is 0 Å². The lowest BCUT2D eigenvalue weighted by Gasteiger charge is -2.06. The van der Waals surface area contributed by atoms with Crippen LogP contribution in [-0.2, 0) is 4.79 Å². The summed E-state index contributed by atoms with van der Waals surface area (Å²) >= 11 is 7.41. The van der Waals surface area contributed by atoms with Gasteiger partial charge >= 0.3 is 0 Å². The van der Waals surface area contributed by atoms with Gasteiger partial charge in [0.05, 0.1) is 6.61 Å². The Morgan fingerprint density at radius 3 is 2.77 bits per heavy atom. The Bertz CT molecular complexity index is 594. The molecule has 0 saturated carbocycles. The van der Waals surface area contributed by atoms with E-state index in [0.29, 0.717) is 18.2 Å². The molecule has 22 heavy (non-hydrogen) atoms. The standard InChI is InChI=1S/C17H18ClNO2S/c18-15-4-6-16(7-5-15)21-11-2-1-10-19-17(20)8-3-14-9-12-22-13-14/h3-9,12-13H,1-2,10-11H2,(H,19,20)/b8-3+. The van der Waals surface area contributed by atoms with Crippen molar-refractivity contribution in [1.82, 2.24) is 5.32 Å². The number of thiophene rings is 1. The van der Waals surface area contributed by atoms with Crippen LogP contribution in [-0.4, -0.2) is 19.1 Å². The zero-order chi connectivity index (χ0) is 15.6. The van der Waals surface area contributed by atoms with Gasteiger partial charge in [0.2, 0.25) is 5.91 Å². The highest BCUT2D eigenvalue weighted by atomic mass is 35.5. The number of ether oxygens (including phenoxy) is 1. The van der Waals surface area contributed by atoms with Crippen LogP contribution in [0.5, 0.6) is 5.75 Å². The molecule has 0 radical (unpaired) electrons. The smallest absolute Gasteiger partial charge is 0.243 e. The molecule has 3 nitrogen and oxygen atoms in total. The molecule has 2 aromatic rings. The molecule has 2 rings (SSSR count). The van der Waals surface area contributed by atoms with E-state index in [1.54, 1.807) is 29.5 Å². The first-order chi connectivity index (χ1) is 10.7. The van der Waals surface area contributed by atoms with Crippen LogP contribution in [0, 0.1) is 0 Å². The van der Waals surface area contributed by atoms with Gasteiger partial charge in [-0.3, -0.25) is 4.79 Å². The SMILES string of the molecule is O=C(/C=C/c1ccsc1)NCCCCOc1ccc(Cl)cc1. The largest absolute Gasteiger partial charge is 0.494 e. The van der Waals surface area contributed by atoms with Crippen molar-refractivity contribution in [3.8, 4) is 5.75 Å². The van der Waals surface area contributed by atoms with Crippen LogP contribution in [0.2, 0.25) is 5.02 Å². The third-order valence-corrected chi connectivity index (χ3v) is 3.88. The minimum atomic E-state index is -0.0650. The summed E-state index contributed by atoms with van der Waals surface area (Å²) in [6, 6.07) is 9.27. The number of nitrogens with one attached hydrogen (secondary N) is 1. The van der Waals surface area contributed by atoms with E-state index >= 15 is 0 Å². The van der Waals surface area contributed by atoms with E-state index in [1.165, 1.54) is 0 Å². The van der Waals surface area contributed by atoms with Gasteiger partial charge in [-0.2, -0.15) is 11.3 Å². The maximum Gasteiger partial charge on any atom is 0.243 e. The van der Waals surface area contributed by atoms with Gasteiger partial charge in [-0.1, -0.05) is 11.6 Å². The van der Waals surface area contributed by atoms with E-state index in [4.69, 9.17) is 16.3 Å². The Morgan fingerprint density at radius 1 is 1.23 bits per heavy atom. The highest BCUT2D eigenvalue weighted by molar-refractivity contribution is 7.08. The molecule has 1 aromatic heterocycles. The Labute approximate surface area is 139 Å². The fourth-order valence-electron chi connectivity index (χ4n) is 1.76. The lowest BCUT2D eigenvalue weighted by Crippen LogP contribution is -2.22. The summed E-state index contributed by atoms with van der Waals surface area (Å²) < 4.78 is 5.58. The molecule has 1 amide bonds. The van der Waals surface area contributed by atoms with Crippen LogP contribution in [0.4, 0.5) is 0 Å². The maximum atomic E-state index is 11.6. The van der Waals surface area contributed by atoms with Crippen LogP contribution in [0.1, 0.15) is 18.4 Å². The van der Waals surface area contributed by atoms with Crippen molar-refractivity contribution in [2.45, 2.75) is 12.8 Å². The third kappa shape index (κ3) is 6.33. The van der Waals surface area contributed by atoms with Gasteiger partial charge in [0.1, 0.15) is 5.75 Å². The molecule has 0 bridgehead atoms. The minimum Gasteiger partial charge on any atom is -0.494 e. The van der Waals surface area contributed by atoms with Crippen molar-refractivity contribution in [2.75, 3.05) is 13.2 Å². The second-order valence-corrected chi connectivity index (χ2v) is 5.91. The molecule has 0 aliphatic rings. The first-order valence-corrected chi connectivity index (χ1v) is 8.42. The van der Waals surface area contributed by atoms with Gasteiger partial charge < -0.3 is 10.1 Å². The van der Waals surface area contributed by atoms with Gasteiger partial charge in [-0.05, 0) is 65.6 Å². The summed E-state index contributed by atoms with van der Waals surface area (Å²) in [5.74, 6) is 0.747. The van der Waals surface area contributed by atoms with E-state index in [0.717, 1.165) is 24.2 Å². The molecule has 0 fully saturated rings. The van der Waals surface area contributed by atoms with E-state index in [2.05, 4.69) is 5.32 Å². The van der Waals surface area contributed by atoms with Crippen molar-refractivity contribution in [2.24, 2.45) is 0 Å². The number of halogens is 1. The summed E-state index contributed by atoms with van der Waals surface area (Å²) in [6.07, 6.45) is 5.14. The van der Waals surface area contributed by atoms with E-state index in [-0.39, 0.29) is 5.91 Å². The number of amides is 1. The van der Waals surface area contributed by atoms with Gasteiger partial charge in [0.25, 0.3) is 0 Å². The van der Waals surface area contributed by atoms with Crippen molar-refractivity contribution < 1.29 is 9.53 Å². The van der Waals surface area contributed by atoms with Crippen LogP contribution in [0.3, 0.4) is 0 Å². The van der Waals surface area contributed by atoms with E-state index in [1.807, 2.05) is 35.0 Å². The molecule has 0 atom stereocenters. The van der Waals surface area contributed by atoms with Gasteiger partial charge in [-0.25, -0.2) is 0 Å². The molecule has 1 aromatic carbocycles. The van der Waals surface area contributed by atoms with E-state index in [9.17, 15) is 4.79 Å². The van der Waals surface area contributed by atoms with Crippen molar-refractivity contribution >= 4 is 34.9 Å². The average Bonchev–Trinajstić information content (AvgIpc) is 3.04. The number of unbranched alkanes of at least 4 members (excludes halogenated alkanes) is 1. The summed E-state index contributed by atoms with van der Waals surface area (Å²) in [5.41, 5.74) is 1.05. The molecule has 5 heteroatoms. The average molecular weight is 336 g/mol. The first-order valence-electron chi connectivity index (χ1n) is 7.10. The molecular formula is C17H18ClNO2S. The Balaban J connectivity index is 1.53. The topological polar surface area (TPSA) is 38.3 Å². The Kier molecular flexibility index (Phi) is 7.00. The van der Waals surface area contributed by atoms with Crippen molar-refractivity contribution in [1.29, 1.82) is 0 Å². The monoisotopic (exact) mass is 335 g/mol. The molecular weight excluding hydrogens is 318 g/mol. The summed E-state index contributed by atoms with van der Waals surface area (Å²) in [7, 11) is 0. The molecule has 0 unspecified atom stereocenters. The number of carbonyl (C=O) groups excluding carboxylic acids is 1. The third-order valence-electron chi connectivity index (χ3n) is 2.92. The zero-order valence-corrected chi connectivity index (χ0v) is 13.7. The molecule has 0 aliphatic carbocycles. The lowest BCUT2D eigenvalue weighted by molar-refractivity contribution is -0.116. The Hall–Kier alpha value is -1.78. The molecule has 0 spiro atoms. The highest BCUT2D eigenvalue weighted by Crippen LogP contribution is 2.15. The quantitative estimate of drug-likeness (QED) is 0.574. The van der Waals surface area contributed by atoms with Gasteiger partial charge in [0, 0.05) is 17.6 Å². The maximum absolute atomic E-state index is 11.6. The lowest BCUT2D eigenvalue weighted by atomic mass is 10.3. The predicted octanol–water partition coefficient (Wildman–Crippen LogP) is 4.39. The Morgan fingerprint density at radius 2 is 2.05 bits per heavy atom. The molecule has 1 N–H and O–H groups in total. The number of carbonyl (C=O) groups is 1. The summed E-state index contributed by atoms with van der Waals surface area (Å²) in [4.78, 5) is 11.6. The summed E-state index contributed by atoms with van der Waals surface area (Å²) in [6.45, 7) is 1.28. The molecule has 116 valence electrons. The van der Waals surface area contributed by atoms with Crippen molar-refractivity contribution in [3.63, 3.8) is 0 Å². The number of benzene rings is 1. The van der Waals surface area contributed by atoms with Crippen LogP contribution in [0.15, 0.2) is 47.2 Å². The van der Waals surface area contributed by atoms with Crippen molar-refractivity contribution in [3.05, 3.63) is 57.8 Å². The predicted molar refractivity (Wildman–Crippen MR) is 92.5 cm³/mol. The molecule has 0 aliphatic heterocycles. The molecule has 0 saturated heterocycles. The van der Waals surface area contributed by atoms with E-state index < -0.39 is 0 Å². The highest BCUT2D eigenvalue weighted by Gasteiger charge is 1.97. The number of hydrogen-bond donors (Lipinski definition) is 1. The molecule has 1 heterocycles. The zero-order valence-electron chi connectivity index (χ0n) is 12.1. The van der Waals surface area contributed by atoms with Crippen LogP contribution >= 0.6 is 22.9 Å². The van der Waals surface area contributed by atoms with Gasteiger partial charge in [-0.15, -0.1) is 0 Å². The number of hydrogen-bond acceptors (Lipinski definition) is 3. The second kappa shape index (κ2) is 9.28. The second-order valence-electron chi connectivity index (χ2n) is 4.69. The van der Waals surface area contributed by atoms with Crippen LogP contribution in [0.25, 0.3) is 6.08 Å². The minimum absolute atomic E-state index is 0.0650. The fraction of sp³-hybridized carbons (Fsp3) is 0.235. The summed E-state index contributed by atoms with van der Waals surface area (Å²) in [5, 5.41) is 7.54.